The molecule has 1 aromatic carbocycles. The van der Waals surface area contributed by atoms with Crippen molar-refractivity contribution < 1.29 is 43.3 Å². The van der Waals surface area contributed by atoms with Crippen LogP contribution in [0.2, 0.25) is 0 Å². The third kappa shape index (κ3) is 8.86. The Kier molecular flexibility index (Phi) is 11.4. The summed E-state index contributed by atoms with van der Waals surface area (Å²) in [6, 6.07) is 8.58. The molecule has 3 N–H and O–H groups in total. The summed E-state index contributed by atoms with van der Waals surface area (Å²) >= 11 is 0. The van der Waals surface area contributed by atoms with Crippen molar-refractivity contribution in [2.75, 3.05) is 39.3 Å². The van der Waals surface area contributed by atoms with Crippen LogP contribution in [0.25, 0.3) is 5.69 Å². The highest BCUT2D eigenvalue weighted by molar-refractivity contribution is 5.96. The van der Waals surface area contributed by atoms with E-state index in [0.29, 0.717) is 25.1 Å². The fraction of sp³-hybridized carbons (Fsp3) is 0.545. The van der Waals surface area contributed by atoms with E-state index in [1.807, 2.05) is 0 Å². The van der Waals surface area contributed by atoms with E-state index in [9.17, 15) is 33.9 Å². The Morgan fingerprint density at radius 2 is 1.65 bits per heavy atom. The van der Waals surface area contributed by atoms with Gasteiger partial charge in [-0.3, -0.25) is 24.0 Å². The SMILES string of the molecule is CCOC(=O)N1CCN(C(=O)C(CCC(=O)O)NC(=O)c2cc(OC(C)C(=O)N3CCCC3C(=O)NC3CC3)n(-c3ccccc3)n2)CC1. The minimum absolute atomic E-state index is 0.0823. The third-order valence-electron chi connectivity index (χ3n) is 8.69. The van der Waals surface area contributed by atoms with Crippen molar-refractivity contribution in [3.63, 3.8) is 0 Å². The number of aliphatic carboxylic acids is 1. The second-order valence-corrected chi connectivity index (χ2v) is 12.3. The first kappa shape index (κ1) is 35.2. The molecule has 16 heteroatoms. The Labute approximate surface area is 283 Å². The number of piperazine rings is 1. The molecule has 3 unspecified atom stereocenters. The van der Waals surface area contributed by atoms with Crippen LogP contribution < -0.4 is 15.4 Å². The largest absolute Gasteiger partial charge is 0.481 e. The van der Waals surface area contributed by atoms with Gasteiger partial charge in [0.1, 0.15) is 12.1 Å². The van der Waals surface area contributed by atoms with Crippen molar-refractivity contribution in [3.8, 4) is 11.6 Å². The lowest BCUT2D eigenvalue weighted by Gasteiger charge is -2.35. The highest BCUT2D eigenvalue weighted by Crippen LogP contribution is 2.25. The topological polar surface area (TPSA) is 193 Å². The standard InChI is InChI=1S/C33H43N7O9/c1-3-48-33(47)38-18-16-37(17-19-38)32(46)24(13-14-28(41)42)35-29(43)25-20-27(40(36-25)23-8-5-4-6-9-23)49-21(2)31(45)39-15-7-10-26(39)30(44)34-22-11-12-22/h4-6,8-9,20-22,24,26H,3,7,10-19H2,1-2H3,(H,34,44)(H,35,43)(H,41,42). The van der Waals surface area contributed by atoms with Gasteiger partial charge in [-0.1, -0.05) is 18.2 Å². The number of nitrogens with one attached hydrogen (secondary N) is 2. The van der Waals surface area contributed by atoms with Crippen LogP contribution in [0.4, 0.5) is 4.79 Å². The number of ether oxygens (including phenoxy) is 2. The predicted octanol–water partition coefficient (Wildman–Crippen LogP) is 1.17. The van der Waals surface area contributed by atoms with Crippen molar-refractivity contribution in [3.05, 3.63) is 42.1 Å². The molecule has 3 fully saturated rings. The van der Waals surface area contributed by atoms with E-state index >= 15 is 0 Å². The Bertz CT molecular complexity index is 1540. The lowest BCUT2D eigenvalue weighted by Crippen LogP contribution is -2.56. The third-order valence-corrected chi connectivity index (χ3v) is 8.69. The first-order chi connectivity index (χ1) is 23.5. The number of carboxylic acids is 1. The van der Waals surface area contributed by atoms with Gasteiger partial charge in [-0.15, -0.1) is 0 Å². The molecule has 264 valence electrons. The summed E-state index contributed by atoms with van der Waals surface area (Å²) in [5.74, 6) is -2.82. The number of carboxylic acid groups (broad SMARTS) is 1. The molecule has 5 amide bonds. The van der Waals surface area contributed by atoms with E-state index in [0.717, 1.165) is 12.8 Å². The van der Waals surface area contributed by atoms with E-state index in [1.54, 1.807) is 44.2 Å². The van der Waals surface area contributed by atoms with Gasteiger partial charge in [0, 0.05) is 51.3 Å². The van der Waals surface area contributed by atoms with Gasteiger partial charge in [0.25, 0.3) is 11.8 Å². The van der Waals surface area contributed by atoms with Crippen LogP contribution in [-0.2, 0) is 23.9 Å². The van der Waals surface area contributed by atoms with Crippen LogP contribution in [0.5, 0.6) is 5.88 Å². The van der Waals surface area contributed by atoms with Gasteiger partial charge < -0.3 is 39.9 Å². The second-order valence-electron chi connectivity index (χ2n) is 12.3. The van der Waals surface area contributed by atoms with Crippen molar-refractivity contribution in [1.82, 2.24) is 35.1 Å². The van der Waals surface area contributed by atoms with Crippen molar-refractivity contribution in [2.45, 2.75) is 76.6 Å². The molecule has 3 heterocycles. The molecule has 16 nitrogen and oxygen atoms in total. The zero-order valence-electron chi connectivity index (χ0n) is 27.7. The van der Waals surface area contributed by atoms with Gasteiger partial charge in [0.05, 0.1) is 12.3 Å². The number of hydrogen-bond acceptors (Lipinski definition) is 9. The fourth-order valence-corrected chi connectivity index (χ4v) is 5.91. The first-order valence-electron chi connectivity index (χ1n) is 16.7. The summed E-state index contributed by atoms with van der Waals surface area (Å²) in [6.45, 7) is 4.74. The number of nitrogens with zero attached hydrogens (tertiary/aromatic N) is 5. The van der Waals surface area contributed by atoms with Crippen LogP contribution in [0, 0.1) is 0 Å². The summed E-state index contributed by atoms with van der Waals surface area (Å²) in [5, 5.41) is 19.4. The number of amides is 5. The maximum absolute atomic E-state index is 13.6. The summed E-state index contributed by atoms with van der Waals surface area (Å²) in [5.41, 5.74) is 0.415. The number of rotatable bonds is 13. The van der Waals surface area contributed by atoms with Crippen molar-refractivity contribution in [2.24, 2.45) is 0 Å². The molecule has 3 atom stereocenters. The minimum atomic E-state index is -1.18. The van der Waals surface area contributed by atoms with E-state index in [2.05, 4.69) is 15.7 Å². The van der Waals surface area contributed by atoms with Crippen LogP contribution >= 0.6 is 0 Å². The number of carbonyl (C=O) groups is 6. The monoisotopic (exact) mass is 681 g/mol. The molecule has 1 aromatic heterocycles. The molecule has 2 aromatic rings. The number of aromatic nitrogens is 2. The smallest absolute Gasteiger partial charge is 0.409 e. The number of likely N-dealkylation sites (tertiary alicyclic amines) is 1. The lowest BCUT2D eigenvalue weighted by molar-refractivity contribution is -0.143. The zero-order chi connectivity index (χ0) is 35.1. The Morgan fingerprint density at radius 1 is 0.959 bits per heavy atom. The Balaban J connectivity index is 1.31. The molecule has 5 rings (SSSR count). The van der Waals surface area contributed by atoms with Crippen molar-refractivity contribution in [1.29, 1.82) is 0 Å². The lowest BCUT2D eigenvalue weighted by atomic mass is 10.1. The molecule has 2 aliphatic heterocycles. The first-order valence-corrected chi connectivity index (χ1v) is 16.7. The van der Waals surface area contributed by atoms with Gasteiger partial charge in [0.2, 0.25) is 17.7 Å². The fourth-order valence-electron chi connectivity index (χ4n) is 5.91. The summed E-state index contributed by atoms with van der Waals surface area (Å²) in [7, 11) is 0. The van der Waals surface area contributed by atoms with E-state index < -0.39 is 42.1 Å². The molecule has 0 radical (unpaired) electrons. The maximum atomic E-state index is 13.6. The summed E-state index contributed by atoms with van der Waals surface area (Å²) < 4.78 is 12.5. The quantitative estimate of drug-likeness (QED) is 0.277. The van der Waals surface area contributed by atoms with Crippen LogP contribution in [0.3, 0.4) is 0 Å². The van der Waals surface area contributed by atoms with Gasteiger partial charge in [0.15, 0.2) is 11.8 Å². The number of hydrogen-bond donors (Lipinski definition) is 3. The second kappa shape index (κ2) is 15.8. The molecule has 0 spiro atoms. The summed E-state index contributed by atoms with van der Waals surface area (Å²) in [4.78, 5) is 81.5. The van der Waals surface area contributed by atoms with Crippen molar-refractivity contribution >= 4 is 35.7 Å². The Morgan fingerprint density at radius 3 is 2.31 bits per heavy atom. The number of carbonyl (C=O) groups excluding carboxylic acids is 5. The molecular formula is C33H43N7O9. The molecule has 1 aliphatic carbocycles. The van der Waals surface area contributed by atoms with Gasteiger partial charge in [-0.05, 0) is 58.1 Å². The van der Waals surface area contributed by atoms with Gasteiger partial charge in [-0.2, -0.15) is 5.10 Å². The van der Waals surface area contributed by atoms with Gasteiger partial charge >= 0.3 is 12.1 Å². The average molecular weight is 682 g/mol. The Hall–Kier alpha value is -5.15. The highest BCUT2D eigenvalue weighted by Gasteiger charge is 2.39. The van der Waals surface area contributed by atoms with Gasteiger partial charge in [-0.25, -0.2) is 9.48 Å². The van der Waals surface area contributed by atoms with Crippen LogP contribution in [0.1, 0.15) is 62.9 Å². The van der Waals surface area contributed by atoms with Crippen LogP contribution in [0.15, 0.2) is 36.4 Å². The molecule has 0 bridgehead atoms. The van der Waals surface area contributed by atoms with Crippen LogP contribution in [-0.4, -0.2) is 129 Å². The molecular weight excluding hydrogens is 638 g/mol. The number of para-hydroxylation sites is 1. The van der Waals surface area contributed by atoms with E-state index in [1.165, 1.54) is 25.4 Å². The molecule has 1 saturated carbocycles. The zero-order valence-corrected chi connectivity index (χ0v) is 27.7. The maximum Gasteiger partial charge on any atom is 0.409 e. The normalized spacial score (nSPS) is 18.7. The van der Waals surface area contributed by atoms with E-state index in [4.69, 9.17) is 9.47 Å². The minimum Gasteiger partial charge on any atom is -0.481 e. The molecule has 2 saturated heterocycles. The molecule has 49 heavy (non-hydrogen) atoms. The highest BCUT2D eigenvalue weighted by atomic mass is 16.6. The summed E-state index contributed by atoms with van der Waals surface area (Å²) in [6.07, 6.45) is 1.08. The van der Waals surface area contributed by atoms with E-state index in [-0.39, 0.29) is 75.1 Å². The number of benzene rings is 1. The predicted molar refractivity (Wildman–Crippen MR) is 173 cm³/mol. The average Bonchev–Trinajstić information content (AvgIpc) is 3.59. The molecule has 3 aliphatic rings.